The number of carbonyl (C=O) groups is 1. The molecule has 0 saturated heterocycles. The van der Waals surface area contributed by atoms with Crippen molar-refractivity contribution in [3.63, 3.8) is 0 Å². The third-order valence-corrected chi connectivity index (χ3v) is 3.97. The molecule has 0 aliphatic heterocycles. The Morgan fingerprint density at radius 3 is 2.46 bits per heavy atom. The number of hydrazone groups is 1. The van der Waals surface area contributed by atoms with Gasteiger partial charge in [0.2, 0.25) is 5.75 Å². The van der Waals surface area contributed by atoms with Crippen LogP contribution in [-0.2, 0) is 5.41 Å². The quantitative estimate of drug-likeness (QED) is 0.446. The van der Waals surface area contributed by atoms with Crippen LogP contribution in [0.1, 0.15) is 49.2 Å². The summed E-state index contributed by atoms with van der Waals surface area (Å²) in [5.41, 5.74) is 3.71. The Morgan fingerprint density at radius 2 is 1.93 bits per heavy atom. The minimum atomic E-state index is -0.718. The van der Waals surface area contributed by atoms with E-state index in [1.807, 2.05) is 12.1 Å². The maximum Gasteiger partial charge on any atom is 0.315 e. The molecule has 0 heterocycles. The van der Waals surface area contributed by atoms with Gasteiger partial charge >= 0.3 is 5.69 Å². The topological polar surface area (TPSA) is 114 Å². The van der Waals surface area contributed by atoms with Crippen LogP contribution in [-0.4, -0.2) is 28.8 Å². The molecule has 2 N–H and O–H groups in total. The van der Waals surface area contributed by atoms with E-state index in [1.165, 1.54) is 12.3 Å². The molecule has 2 aromatic carbocycles. The zero-order valence-electron chi connectivity index (χ0n) is 16.2. The summed E-state index contributed by atoms with van der Waals surface area (Å²) in [7, 11) is 0. The smallest absolute Gasteiger partial charge is 0.315 e. The number of nitrogens with one attached hydrogen (secondary N) is 1. The molecule has 0 fully saturated rings. The number of phenols is 1. The zero-order chi connectivity index (χ0) is 20.9. The first kappa shape index (κ1) is 20.9. The minimum Gasteiger partial charge on any atom is -0.500 e. The Kier molecular flexibility index (Phi) is 6.35. The van der Waals surface area contributed by atoms with Gasteiger partial charge in [-0.05, 0) is 36.1 Å². The van der Waals surface area contributed by atoms with E-state index >= 15 is 0 Å². The van der Waals surface area contributed by atoms with Crippen molar-refractivity contribution in [3.05, 3.63) is 63.2 Å². The van der Waals surface area contributed by atoms with Gasteiger partial charge in [0.15, 0.2) is 5.75 Å². The lowest BCUT2D eigenvalue weighted by Gasteiger charge is -2.18. The predicted octanol–water partition coefficient (Wildman–Crippen LogP) is 3.76. The van der Waals surface area contributed by atoms with Crippen LogP contribution in [0.3, 0.4) is 0 Å². The van der Waals surface area contributed by atoms with Crippen molar-refractivity contribution >= 4 is 17.8 Å². The second-order valence-electron chi connectivity index (χ2n) is 7.10. The van der Waals surface area contributed by atoms with Gasteiger partial charge in [0, 0.05) is 17.2 Å². The molecule has 8 nitrogen and oxygen atoms in total. The van der Waals surface area contributed by atoms with Gasteiger partial charge in [-0.25, -0.2) is 5.43 Å². The number of nitro benzene ring substituents is 1. The van der Waals surface area contributed by atoms with E-state index in [1.54, 1.807) is 19.1 Å². The normalized spacial score (nSPS) is 11.4. The van der Waals surface area contributed by atoms with Gasteiger partial charge in [0.05, 0.1) is 17.7 Å². The Balaban J connectivity index is 2.15. The summed E-state index contributed by atoms with van der Waals surface area (Å²) in [4.78, 5) is 22.6. The first-order valence-corrected chi connectivity index (χ1v) is 8.71. The molecule has 2 rings (SSSR count). The number of benzene rings is 2. The Bertz CT molecular complexity index is 899. The fourth-order valence-corrected chi connectivity index (χ4v) is 2.44. The molecule has 1 amide bonds. The third kappa shape index (κ3) is 5.06. The summed E-state index contributed by atoms with van der Waals surface area (Å²) in [6, 6.07) is 9.74. The highest BCUT2D eigenvalue weighted by Gasteiger charge is 2.19. The summed E-state index contributed by atoms with van der Waals surface area (Å²) in [5.74, 6) is -0.982. The second-order valence-corrected chi connectivity index (χ2v) is 7.10. The number of carbonyl (C=O) groups excluding carboxylic acids is 1. The molecule has 0 unspecified atom stereocenters. The van der Waals surface area contributed by atoms with E-state index in [2.05, 4.69) is 31.3 Å². The van der Waals surface area contributed by atoms with Gasteiger partial charge in [0.1, 0.15) is 0 Å². The molecular weight excluding hydrogens is 362 g/mol. The Hall–Kier alpha value is -3.42. The van der Waals surface area contributed by atoms with Gasteiger partial charge in [-0.2, -0.15) is 5.10 Å². The van der Waals surface area contributed by atoms with Crippen molar-refractivity contribution in [2.75, 3.05) is 6.61 Å². The van der Waals surface area contributed by atoms with Crippen LogP contribution in [0.5, 0.6) is 11.5 Å². The predicted molar refractivity (Wildman–Crippen MR) is 106 cm³/mol. The van der Waals surface area contributed by atoms with E-state index < -0.39 is 22.3 Å². The first-order chi connectivity index (χ1) is 13.1. The molecule has 0 bridgehead atoms. The van der Waals surface area contributed by atoms with Gasteiger partial charge < -0.3 is 9.84 Å². The lowest BCUT2D eigenvalue weighted by Crippen LogP contribution is -2.18. The first-order valence-electron chi connectivity index (χ1n) is 8.71. The lowest BCUT2D eigenvalue weighted by atomic mass is 9.87. The Morgan fingerprint density at radius 1 is 1.29 bits per heavy atom. The molecule has 8 heteroatoms. The Labute approximate surface area is 163 Å². The van der Waals surface area contributed by atoms with E-state index in [0.29, 0.717) is 11.1 Å². The van der Waals surface area contributed by atoms with Crippen LogP contribution in [0.15, 0.2) is 41.5 Å². The summed E-state index contributed by atoms with van der Waals surface area (Å²) < 4.78 is 5.20. The molecule has 28 heavy (non-hydrogen) atoms. The summed E-state index contributed by atoms with van der Waals surface area (Å²) >= 11 is 0. The lowest BCUT2D eigenvalue weighted by molar-refractivity contribution is -0.386. The summed E-state index contributed by atoms with van der Waals surface area (Å²) in [6.07, 6.45) is 1.25. The molecule has 0 aromatic heterocycles. The zero-order valence-corrected chi connectivity index (χ0v) is 16.2. The molecule has 148 valence electrons. The van der Waals surface area contributed by atoms with Crippen molar-refractivity contribution in [1.29, 1.82) is 0 Å². The SMILES string of the molecule is CCOc1cc(/C=N/NC(=O)c2ccc(C(C)(C)C)cc2)cc([N+](=O)[O-])c1O. The van der Waals surface area contributed by atoms with E-state index in [-0.39, 0.29) is 17.8 Å². The van der Waals surface area contributed by atoms with Crippen molar-refractivity contribution in [3.8, 4) is 11.5 Å². The second kappa shape index (κ2) is 8.51. The molecule has 0 spiro atoms. The monoisotopic (exact) mass is 385 g/mol. The average Bonchev–Trinajstić information content (AvgIpc) is 2.63. The number of amides is 1. The fourth-order valence-electron chi connectivity index (χ4n) is 2.44. The fraction of sp³-hybridized carbons (Fsp3) is 0.300. The van der Waals surface area contributed by atoms with E-state index in [0.717, 1.165) is 11.6 Å². The highest BCUT2D eigenvalue weighted by atomic mass is 16.6. The number of aromatic hydroxyl groups is 1. The van der Waals surface area contributed by atoms with Gasteiger partial charge in [-0.1, -0.05) is 32.9 Å². The highest BCUT2D eigenvalue weighted by molar-refractivity contribution is 5.95. The van der Waals surface area contributed by atoms with Gasteiger partial charge in [-0.3, -0.25) is 14.9 Å². The van der Waals surface area contributed by atoms with Gasteiger partial charge in [-0.15, -0.1) is 0 Å². The third-order valence-electron chi connectivity index (χ3n) is 3.97. The maximum atomic E-state index is 12.2. The number of hydrogen-bond acceptors (Lipinski definition) is 6. The van der Waals surface area contributed by atoms with Gasteiger partial charge in [0.25, 0.3) is 5.91 Å². The largest absolute Gasteiger partial charge is 0.500 e. The minimum absolute atomic E-state index is 0.0149. The molecule has 0 radical (unpaired) electrons. The molecule has 0 atom stereocenters. The molecule has 2 aromatic rings. The van der Waals surface area contributed by atoms with E-state index in [9.17, 15) is 20.0 Å². The number of phenolic OH excluding ortho intramolecular Hbond substituents is 1. The average molecular weight is 385 g/mol. The van der Waals surface area contributed by atoms with Crippen molar-refractivity contribution in [2.24, 2.45) is 5.10 Å². The number of nitro groups is 1. The number of nitrogens with zero attached hydrogens (tertiary/aromatic N) is 2. The number of hydrogen-bond donors (Lipinski definition) is 2. The number of rotatable bonds is 6. The van der Waals surface area contributed by atoms with E-state index in [4.69, 9.17) is 4.74 Å². The summed E-state index contributed by atoms with van der Waals surface area (Å²) in [6.45, 7) is 8.17. The van der Waals surface area contributed by atoms with Crippen LogP contribution >= 0.6 is 0 Å². The molecular formula is C20H23N3O5. The van der Waals surface area contributed by atoms with Crippen LogP contribution in [0.25, 0.3) is 0 Å². The van der Waals surface area contributed by atoms with Crippen LogP contribution in [0, 0.1) is 10.1 Å². The number of ether oxygens (including phenoxy) is 1. The maximum absolute atomic E-state index is 12.2. The van der Waals surface area contributed by atoms with Crippen LogP contribution in [0.4, 0.5) is 5.69 Å². The summed E-state index contributed by atoms with van der Waals surface area (Å²) in [5, 5.41) is 24.8. The standard InChI is InChI=1S/C20H23N3O5/c1-5-28-17-11-13(10-16(18(17)24)23(26)27)12-21-22-19(25)14-6-8-15(9-7-14)20(2,3)4/h6-12,24H,5H2,1-4H3,(H,22,25)/b21-12+. The molecule has 0 saturated carbocycles. The molecule has 0 aliphatic carbocycles. The highest BCUT2D eigenvalue weighted by Crippen LogP contribution is 2.36. The molecule has 0 aliphatic rings. The van der Waals surface area contributed by atoms with Crippen LogP contribution in [0.2, 0.25) is 0 Å². The van der Waals surface area contributed by atoms with Crippen LogP contribution < -0.4 is 10.2 Å². The van der Waals surface area contributed by atoms with Crippen molar-refractivity contribution < 1.29 is 19.6 Å². The van der Waals surface area contributed by atoms with Crippen molar-refractivity contribution in [2.45, 2.75) is 33.1 Å². The van der Waals surface area contributed by atoms with Crippen molar-refractivity contribution in [1.82, 2.24) is 5.43 Å².